The Morgan fingerprint density at radius 1 is 1.05 bits per heavy atom. The topological polar surface area (TPSA) is 26.0 Å². The second-order valence-electron chi connectivity index (χ2n) is 4.71. The molecule has 19 heavy (non-hydrogen) atoms. The zero-order chi connectivity index (χ0) is 13.8. The van der Waals surface area contributed by atoms with Gasteiger partial charge in [0.1, 0.15) is 0 Å². The maximum Gasteiger partial charge on any atom is 0.0640 e. The number of nitrogens with two attached hydrogens (primary N) is 1. The Morgan fingerprint density at radius 3 is 2.53 bits per heavy atom. The summed E-state index contributed by atoms with van der Waals surface area (Å²) in [7, 11) is 0. The highest BCUT2D eigenvalue weighted by atomic mass is 35.5. The monoisotopic (exact) mass is 293 g/mol. The fourth-order valence-electron chi connectivity index (χ4n) is 2.16. The molecule has 2 aromatic carbocycles. The summed E-state index contributed by atoms with van der Waals surface area (Å²) < 4.78 is 0. The molecule has 1 atom stereocenters. The molecule has 0 saturated carbocycles. The maximum absolute atomic E-state index is 6.22. The second kappa shape index (κ2) is 6.42. The van der Waals surface area contributed by atoms with Gasteiger partial charge < -0.3 is 5.73 Å². The molecule has 0 bridgehead atoms. The van der Waals surface area contributed by atoms with Crippen LogP contribution in [0.4, 0.5) is 0 Å². The number of hydrogen-bond acceptors (Lipinski definition) is 1. The van der Waals surface area contributed by atoms with Crippen LogP contribution < -0.4 is 5.73 Å². The lowest BCUT2D eigenvalue weighted by atomic mass is 9.97. The molecule has 0 spiro atoms. The van der Waals surface area contributed by atoms with Crippen molar-refractivity contribution in [1.29, 1.82) is 0 Å². The van der Waals surface area contributed by atoms with Gasteiger partial charge in [0.05, 0.1) is 10.0 Å². The molecule has 2 aromatic rings. The van der Waals surface area contributed by atoms with E-state index in [1.807, 2.05) is 18.2 Å². The predicted octanol–water partition coefficient (Wildman–Crippen LogP) is 4.93. The Hall–Kier alpha value is -1.02. The molecule has 3 heteroatoms. The van der Waals surface area contributed by atoms with Gasteiger partial charge in [0, 0.05) is 6.04 Å². The maximum atomic E-state index is 6.22. The summed E-state index contributed by atoms with van der Waals surface area (Å²) in [4.78, 5) is 0. The molecule has 2 N–H and O–H groups in total. The first-order chi connectivity index (χ1) is 9.09. The minimum absolute atomic E-state index is 0.0918. The van der Waals surface area contributed by atoms with Crippen LogP contribution in [-0.4, -0.2) is 0 Å². The molecule has 100 valence electrons. The highest BCUT2D eigenvalue weighted by molar-refractivity contribution is 6.42. The van der Waals surface area contributed by atoms with Crippen molar-refractivity contribution in [3.05, 3.63) is 69.2 Å². The standard InChI is InChI=1S/C16H17Cl2N/c1-11-5-2-3-6-12(11)9-10-15(19)13-7-4-8-14(17)16(13)18/h2-8,15H,9-10,19H2,1H3. The van der Waals surface area contributed by atoms with Gasteiger partial charge in [0.2, 0.25) is 0 Å². The average Bonchev–Trinajstić information content (AvgIpc) is 2.40. The Morgan fingerprint density at radius 2 is 1.79 bits per heavy atom. The number of aryl methyl sites for hydroxylation is 2. The predicted molar refractivity (Wildman–Crippen MR) is 82.9 cm³/mol. The SMILES string of the molecule is Cc1ccccc1CCC(N)c1cccc(Cl)c1Cl. The van der Waals surface area contributed by atoms with E-state index in [2.05, 4.69) is 25.1 Å². The van der Waals surface area contributed by atoms with Crippen molar-refractivity contribution in [2.45, 2.75) is 25.8 Å². The molecule has 0 fully saturated rings. The first-order valence-electron chi connectivity index (χ1n) is 6.33. The molecule has 0 aliphatic carbocycles. The number of rotatable bonds is 4. The van der Waals surface area contributed by atoms with Crippen molar-refractivity contribution in [3.8, 4) is 0 Å². The van der Waals surface area contributed by atoms with Crippen LogP contribution in [0.5, 0.6) is 0 Å². The normalized spacial score (nSPS) is 12.4. The molecule has 1 unspecified atom stereocenters. The zero-order valence-corrected chi connectivity index (χ0v) is 12.4. The van der Waals surface area contributed by atoms with Gasteiger partial charge in [-0.05, 0) is 42.5 Å². The summed E-state index contributed by atoms with van der Waals surface area (Å²) in [5, 5.41) is 1.13. The van der Waals surface area contributed by atoms with Crippen LogP contribution in [0.1, 0.15) is 29.2 Å². The zero-order valence-electron chi connectivity index (χ0n) is 10.9. The summed E-state index contributed by atoms with van der Waals surface area (Å²) in [5.74, 6) is 0. The summed E-state index contributed by atoms with van der Waals surface area (Å²) in [6.07, 6.45) is 1.79. The lowest BCUT2D eigenvalue weighted by Crippen LogP contribution is -2.12. The van der Waals surface area contributed by atoms with Crippen molar-refractivity contribution in [2.24, 2.45) is 5.73 Å². The van der Waals surface area contributed by atoms with E-state index >= 15 is 0 Å². The van der Waals surface area contributed by atoms with Crippen molar-refractivity contribution in [2.75, 3.05) is 0 Å². The molecule has 0 aliphatic heterocycles. The highest BCUT2D eigenvalue weighted by Gasteiger charge is 2.12. The summed E-state index contributed by atoms with van der Waals surface area (Å²) in [6, 6.07) is 13.9. The molecule has 1 nitrogen and oxygen atoms in total. The molecule has 0 aromatic heterocycles. The summed E-state index contributed by atoms with van der Waals surface area (Å²) >= 11 is 12.2. The highest BCUT2D eigenvalue weighted by Crippen LogP contribution is 2.30. The van der Waals surface area contributed by atoms with Gasteiger partial charge in [-0.25, -0.2) is 0 Å². The van der Waals surface area contributed by atoms with E-state index in [1.54, 1.807) is 6.07 Å². The van der Waals surface area contributed by atoms with Crippen LogP contribution in [0.2, 0.25) is 10.0 Å². The molecule has 0 radical (unpaired) electrons. The van der Waals surface area contributed by atoms with Gasteiger partial charge in [-0.3, -0.25) is 0 Å². The van der Waals surface area contributed by atoms with E-state index in [9.17, 15) is 0 Å². The lowest BCUT2D eigenvalue weighted by Gasteiger charge is -2.15. The third-order valence-corrected chi connectivity index (χ3v) is 4.20. The average molecular weight is 294 g/mol. The molecule has 0 aliphatic rings. The molecule has 0 amide bonds. The smallest absolute Gasteiger partial charge is 0.0640 e. The Bertz CT molecular complexity index is 566. The van der Waals surface area contributed by atoms with Gasteiger partial charge in [-0.2, -0.15) is 0 Å². The quantitative estimate of drug-likeness (QED) is 0.849. The minimum Gasteiger partial charge on any atom is -0.324 e. The first-order valence-corrected chi connectivity index (χ1v) is 7.09. The first kappa shape index (κ1) is 14.4. The van der Waals surface area contributed by atoms with E-state index in [-0.39, 0.29) is 6.04 Å². The van der Waals surface area contributed by atoms with Crippen molar-refractivity contribution in [1.82, 2.24) is 0 Å². The molecular weight excluding hydrogens is 277 g/mol. The van der Waals surface area contributed by atoms with Gasteiger partial charge in [-0.15, -0.1) is 0 Å². The molecule has 2 rings (SSSR count). The Kier molecular flexibility index (Phi) is 4.87. The fourth-order valence-corrected chi connectivity index (χ4v) is 2.61. The van der Waals surface area contributed by atoms with Crippen LogP contribution >= 0.6 is 23.2 Å². The summed E-state index contributed by atoms with van der Waals surface area (Å²) in [5.41, 5.74) is 9.77. The minimum atomic E-state index is -0.0918. The number of hydrogen-bond donors (Lipinski definition) is 1. The van der Waals surface area contributed by atoms with Crippen LogP contribution in [0, 0.1) is 6.92 Å². The van der Waals surface area contributed by atoms with E-state index in [4.69, 9.17) is 28.9 Å². The van der Waals surface area contributed by atoms with Crippen LogP contribution in [0.25, 0.3) is 0 Å². The lowest BCUT2D eigenvalue weighted by molar-refractivity contribution is 0.650. The molecule has 0 heterocycles. The summed E-state index contributed by atoms with van der Waals surface area (Å²) in [6.45, 7) is 2.12. The second-order valence-corrected chi connectivity index (χ2v) is 5.50. The largest absolute Gasteiger partial charge is 0.324 e. The van der Waals surface area contributed by atoms with Gasteiger partial charge in [-0.1, -0.05) is 59.6 Å². The van der Waals surface area contributed by atoms with E-state index in [0.717, 1.165) is 18.4 Å². The van der Waals surface area contributed by atoms with Crippen molar-refractivity contribution >= 4 is 23.2 Å². The third kappa shape index (κ3) is 3.50. The van der Waals surface area contributed by atoms with Gasteiger partial charge in [0.15, 0.2) is 0 Å². The number of benzene rings is 2. The third-order valence-electron chi connectivity index (χ3n) is 3.37. The van der Waals surface area contributed by atoms with E-state index < -0.39 is 0 Å². The van der Waals surface area contributed by atoms with Crippen molar-refractivity contribution < 1.29 is 0 Å². The Labute approximate surface area is 124 Å². The van der Waals surface area contributed by atoms with Crippen LogP contribution in [0.3, 0.4) is 0 Å². The Balaban J connectivity index is 2.08. The van der Waals surface area contributed by atoms with Crippen LogP contribution in [0.15, 0.2) is 42.5 Å². The molecular formula is C16H17Cl2N. The van der Waals surface area contributed by atoms with Crippen LogP contribution in [-0.2, 0) is 6.42 Å². The fraction of sp³-hybridized carbons (Fsp3) is 0.250. The van der Waals surface area contributed by atoms with Crippen molar-refractivity contribution in [3.63, 3.8) is 0 Å². The molecule has 0 saturated heterocycles. The number of halogens is 2. The van der Waals surface area contributed by atoms with Gasteiger partial charge in [0.25, 0.3) is 0 Å². The van der Waals surface area contributed by atoms with Gasteiger partial charge >= 0.3 is 0 Å². The van der Waals surface area contributed by atoms with E-state index in [0.29, 0.717) is 10.0 Å². The van der Waals surface area contributed by atoms with E-state index in [1.165, 1.54) is 11.1 Å².